The first-order valence-electron chi connectivity index (χ1n) is 8.86. The van der Waals surface area contributed by atoms with Gasteiger partial charge in [-0.3, -0.25) is 4.79 Å². The van der Waals surface area contributed by atoms with E-state index in [-0.39, 0.29) is 5.91 Å². The van der Waals surface area contributed by atoms with Gasteiger partial charge < -0.3 is 14.5 Å². The summed E-state index contributed by atoms with van der Waals surface area (Å²) in [6.07, 6.45) is 0. The molecule has 3 rings (SSSR count). The molecular formula is C21H26N2O2. The molecule has 0 bridgehead atoms. The summed E-state index contributed by atoms with van der Waals surface area (Å²) < 4.78 is 5.76. The van der Waals surface area contributed by atoms with E-state index in [2.05, 4.69) is 37.9 Å². The molecule has 0 N–H and O–H groups in total. The van der Waals surface area contributed by atoms with Crippen molar-refractivity contribution in [1.29, 1.82) is 0 Å². The number of amides is 1. The van der Waals surface area contributed by atoms with E-state index in [1.165, 1.54) is 11.3 Å². The minimum absolute atomic E-state index is 0.0556. The molecular weight excluding hydrogens is 312 g/mol. The molecule has 0 atom stereocenters. The fraction of sp³-hybridized carbons (Fsp3) is 0.381. The third-order valence-corrected chi connectivity index (χ3v) is 4.42. The summed E-state index contributed by atoms with van der Waals surface area (Å²) in [6.45, 7) is 7.05. The maximum Gasteiger partial charge on any atom is 0.254 e. The van der Waals surface area contributed by atoms with E-state index in [9.17, 15) is 4.79 Å². The minimum atomic E-state index is 0.0556. The molecule has 0 unspecified atom stereocenters. The summed E-state index contributed by atoms with van der Waals surface area (Å²) in [4.78, 5) is 17.1. The number of nitrogens with zero attached hydrogens (tertiary/aromatic N) is 2. The number of rotatable bonds is 4. The molecule has 0 fully saturated rings. The van der Waals surface area contributed by atoms with Crippen molar-refractivity contribution < 1.29 is 9.53 Å². The molecule has 0 spiro atoms. The fourth-order valence-electron chi connectivity index (χ4n) is 3.03. The SMILES string of the molecule is CC(C)COc1cccc(C(=O)N2CCN(C)c3ccccc3C2)c1. The molecule has 0 radical (unpaired) electrons. The van der Waals surface area contributed by atoms with Crippen molar-refractivity contribution >= 4 is 11.6 Å². The number of fused-ring (bicyclic) bond motifs is 1. The van der Waals surface area contributed by atoms with Crippen molar-refractivity contribution in [3.63, 3.8) is 0 Å². The Kier molecular flexibility index (Phi) is 5.27. The van der Waals surface area contributed by atoms with Crippen LogP contribution in [0.4, 0.5) is 5.69 Å². The second kappa shape index (κ2) is 7.60. The van der Waals surface area contributed by atoms with Gasteiger partial charge in [-0.15, -0.1) is 0 Å². The first-order chi connectivity index (χ1) is 12.0. The van der Waals surface area contributed by atoms with Gasteiger partial charge in [-0.05, 0) is 35.7 Å². The summed E-state index contributed by atoms with van der Waals surface area (Å²) in [5, 5.41) is 0. The van der Waals surface area contributed by atoms with Crippen molar-refractivity contribution in [3.05, 3.63) is 59.7 Å². The van der Waals surface area contributed by atoms with Crippen LogP contribution in [0.25, 0.3) is 0 Å². The summed E-state index contributed by atoms with van der Waals surface area (Å²) in [5.74, 6) is 1.27. The number of anilines is 1. The van der Waals surface area contributed by atoms with Crippen LogP contribution in [0, 0.1) is 5.92 Å². The molecule has 0 aliphatic carbocycles. The van der Waals surface area contributed by atoms with E-state index in [1.54, 1.807) is 0 Å². The van der Waals surface area contributed by atoms with E-state index in [1.807, 2.05) is 41.3 Å². The molecule has 1 heterocycles. The van der Waals surface area contributed by atoms with Crippen LogP contribution in [0.2, 0.25) is 0 Å². The van der Waals surface area contributed by atoms with E-state index in [4.69, 9.17) is 4.74 Å². The van der Waals surface area contributed by atoms with Gasteiger partial charge in [0.25, 0.3) is 5.91 Å². The number of carbonyl (C=O) groups is 1. The normalized spacial score (nSPS) is 14.2. The number of hydrogen-bond donors (Lipinski definition) is 0. The quantitative estimate of drug-likeness (QED) is 0.850. The van der Waals surface area contributed by atoms with Crippen LogP contribution in [-0.4, -0.2) is 37.6 Å². The van der Waals surface area contributed by atoms with Gasteiger partial charge in [0.2, 0.25) is 0 Å². The van der Waals surface area contributed by atoms with Gasteiger partial charge in [0.15, 0.2) is 0 Å². The molecule has 1 aliphatic rings. The van der Waals surface area contributed by atoms with E-state index in [0.29, 0.717) is 31.2 Å². The zero-order valence-electron chi connectivity index (χ0n) is 15.2. The zero-order chi connectivity index (χ0) is 17.8. The molecule has 4 heteroatoms. The molecule has 2 aromatic rings. The third-order valence-electron chi connectivity index (χ3n) is 4.42. The predicted molar refractivity (Wildman–Crippen MR) is 101 cm³/mol. The second-order valence-electron chi connectivity index (χ2n) is 7.01. The van der Waals surface area contributed by atoms with Gasteiger partial charge in [-0.2, -0.15) is 0 Å². The van der Waals surface area contributed by atoms with Crippen molar-refractivity contribution in [2.75, 3.05) is 31.6 Å². The summed E-state index contributed by atoms with van der Waals surface area (Å²) in [6, 6.07) is 15.8. The molecule has 0 saturated carbocycles. The average Bonchev–Trinajstić information content (AvgIpc) is 2.79. The average molecular weight is 338 g/mol. The third kappa shape index (κ3) is 4.13. The molecule has 2 aromatic carbocycles. The highest BCUT2D eigenvalue weighted by molar-refractivity contribution is 5.94. The molecule has 1 amide bonds. The maximum absolute atomic E-state index is 13.0. The smallest absolute Gasteiger partial charge is 0.254 e. The number of hydrogen-bond acceptors (Lipinski definition) is 3. The van der Waals surface area contributed by atoms with Crippen LogP contribution >= 0.6 is 0 Å². The molecule has 0 saturated heterocycles. The van der Waals surface area contributed by atoms with Crippen molar-refractivity contribution in [3.8, 4) is 5.75 Å². The van der Waals surface area contributed by atoms with Gasteiger partial charge in [0.1, 0.15) is 5.75 Å². The van der Waals surface area contributed by atoms with Crippen LogP contribution in [0.15, 0.2) is 48.5 Å². The summed E-state index contributed by atoms with van der Waals surface area (Å²) >= 11 is 0. The standard InChI is InChI=1S/C21H26N2O2/c1-16(2)15-25-19-9-6-8-17(13-19)21(24)23-12-11-22(3)20-10-5-4-7-18(20)14-23/h4-10,13,16H,11-12,14-15H2,1-3H3. The second-order valence-corrected chi connectivity index (χ2v) is 7.01. The van der Waals surface area contributed by atoms with Crippen molar-refractivity contribution in [1.82, 2.24) is 4.90 Å². The van der Waals surface area contributed by atoms with Crippen molar-refractivity contribution in [2.45, 2.75) is 20.4 Å². The molecule has 25 heavy (non-hydrogen) atoms. The Morgan fingerprint density at radius 1 is 1.12 bits per heavy atom. The Morgan fingerprint density at radius 3 is 2.72 bits per heavy atom. The van der Waals surface area contributed by atoms with Crippen LogP contribution in [0.1, 0.15) is 29.8 Å². The Labute approximate surface area is 150 Å². The van der Waals surface area contributed by atoms with Crippen LogP contribution in [0.3, 0.4) is 0 Å². The van der Waals surface area contributed by atoms with Crippen molar-refractivity contribution in [2.24, 2.45) is 5.92 Å². The fourth-order valence-corrected chi connectivity index (χ4v) is 3.03. The summed E-state index contributed by atoms with van der Waals surface area (Å²) in [7, 11) is 2.08. The Morgan fingerprint density at radius 2 is 1.92 bits per heavy atom. The van der Waals surface area contributed by atoms with Gasteiger partial charge >= 0.3 is 0 Å². The lowest BCUT2D eigenvalue weighted by molar-refractivity contribution is 0.0751. The van der Waals surface area contributed by atoms with E-state index >= 15 is 0 Å². The Bertz CT molecular complexity index is 742. The van der Waals surface area contributed by atoms with Gasteiger partial charge in [0, 0.05) is 37.9 Å². The Hall–Kier alpha value is -2.49. The van der Waals surface area contributed by atoms with Crippen LogP contribution in [-0.2, 0) is 6.54 Å². The highest BCUT2D eigenvalue weighted by atomic mass is 16.5. The lowest BCUT2D eigenvalue weighted by Crippen LogP contribution is -2.34. The Balaban J connectivity index is 1.78. The first kappa shape index (κ1) is 17.3. The lowest BCUT2D eigenvalue weighted by Gasteiger charge is -2.21. The highest BCUT2D eigenvalue weighted by Crippen LogP contribution is 2.25. The first-order valence-corrected chi connectivity index (χ1v) is 8.86. The van der Waals surface area contributed by atoms with Gasteiger partial charge in [-0.25, -0.2) is 0 Å². The highest BCUT2D eigenvalue weighted by Gasteiger charge is 2.22. The largest absolute Gasteiger partial charge is 0.493 e. The molecule has 0 aromatic heterocycles. The van der Waals surface area contributed by atoms with Crippen LogP contribution in [0.5, 0.6) is 5.75 Å². The minimum Gasteiger partial charge on any atom is -0.493 e. The lowest BCUT2D eigenvalue weighted by atomic mass is 10.1. The number of ether oxygens (including phenoxy) is 1. The number of para-hydroxylation sites is 1. The van der Waals surface area contributed by atoms with E-state index < -0.39 is 0 Å². The van der Waals surface area contributed by atoms with Gasteiger partial charge in [-0.1, -0.05) is 38.1 Å². The van der Waals surface area contributed by atoms with Gasteiger partial charge in [0.05, 0.1) is 6.61 Å². The van der Waals surface area contributed by atoms with E-state index in [0.717, 1.165) is 12.3 Å². The molecule has 132 valence electrons. The monoisotopic (exact) mass is 338 g/mol. The number of benzene rings is 2. The van der Waals surface area contributed by atoms with Crippen LogP contribution < -0.4 is 9.64 Å². The predicted octanol–water partition coefficient (Wildman–Crippen LogP) is 3.81. The molecule has 1 aliphatic heterocycles. The zero-order valence-corrected chi connectivity index (χ0v) is 15.2. The number of carbonyl (C=O) groups excluding carboxylic acids is 1. The summed E-state index contributed by atoms with van der Waals surface area (Å²) in [5.41, 5.74) is 3.07. The topological polar surface area (TPSA) is 32.8 Å². The molecule has 4 nitrogen and oxygen atoms in total. The maximum atomic E-state index is 13.0. The number of likely N-dealkylation sites (N-methyl/N-ethyl adjacent to an activating group) is 1.